The number of carboxylic acid groups (broad SMARTS) is 1. The number of unbranched alkanes of at least 4 members (excludes halogenated alkanes) is 4. The Hall–Kier alpha value is -0.133. The van der Waals surface area contributed by atoms with Crippen LogP contribution in [0, 0.1) is 5.92 Å². The van der Waals surface area contributed by atoms with Crippen molar-refractivity contribution in [1.29, 1.82) is 0 Å². The van der Waals surface area contributed by atoms with E-state index in [-0.39, 0.29) is 18.9 Å². The van der Waals surface area contributed by atoms with Gasteiger partial charge in [0, 0.05) is 0 Å². The maximum absolute atomic E-state index is 10.3. The van der Waals surface area contributed by atoms with Gasteiger partial charge in [0.25, 0.3) is 0 Å². The Kier molecular flexibility index (Phi) is 15.7. The van der Waals surface area contributed by atoms with Crippen LogP contribution in [-0.2, 0) is 4.74 Å². The maximum atomic E-state index is 10.3. The van der Waals surface area contributed by atoms with Crippen LogP contribution < -0.4 is 0 Å². The van der Waals surface area contributed by atoms with E-state index in [1.807, 2.05) is 0 Å². The Morgan fingerprint density at radius 2 is 1.65 bits per heavy atom. The van der Waals surface area contributed by atoms with E-state index in [9.17, 15) is 4.79 Å². The predicted octanol–water partition coefficient (Wildman–Crippen LogP) is 3.81. The minimum absolute atomic E-state index is 0. The molecule has 0 amide bonds. The molecule has 0 aliphatic carbocycles. The molecule has 17 heavy (non-hydrogen) atoms. The summed E-state index contributed by atoms with van der Waals surface area (Å²) < 4.78 is 4.67. The van der Waals surface area contributed by atoms with E-state index < -0.39 is 6.16 Å². The quantitative estimate of drug-likeness (QED) is 0.357. The van der Waals surface area contributed by atoms with E-state index in [1.165, 1.54) is 38.5 Å². The summed E-state index contributed by atoms with van der Waals surface area (Å²) in [6.07, 6.45) is 8.36. The van der Waals surface area contributed by atoms with Gasteiger partial charge >= 0.3 is 25.0 Å². The number of hydrogen-bond acceptors (Lipinski definition) is 2. The molecule has 0 spiro atoms. The fourth-order valence-corrected chi connectivity index (χ4v) is 1.85. The van der Waals surface area contributed by atoms with E-state index >= 15 is 0 Å². The van der Waals surface area contributed by atoms with Gasteiger partial charge in [0.15, 0.2) is 0 Å². The van der Waals surface area contributed by atoms with Crippen molar-refractivity contribution in [2.45, 2.75) is 65.2 Å². The zero-order valence-electron chi connectivity index (χ0n) is 10.7. The van der Waals surface area contributed by atoms with Crippen LogP contribution >= 0.6 is 0 Å². The molecule has 0 aromatic rings. The third kappa shape index (κ3) is 13.8. The van der Waals surface area contributed by atoms with Crippen LogP contribution in [0.5, 0.6) is 0 Å². The number of hydrogen-bond donors (Lipinski definition) is 1. The van der Waals surface area contributed by atoms with Gasteiger partial charge in [-0.2, -0.15) is 0 Å². The Bertz CT molecular complexity index is 174. The molecule has 98 valence electrons. The molecule has 0 saturated heterocycles. The van der Waals surface area contributed by atoms with Gasteiger partial charge in [-0.1, -0.05) is 52.4 Å². The molecular formula is C13H27LiO3. The first-order chi connectivity index (χ1) is 7.70. The number of ether oxygens (including phenoxy) is 1. The van der Waals surface area contributed by atoms with Crippen molar-refractivity contribution in [3.63, 3.8) is 0 Å². The molecule has 0 heterocycles. The van der Waals surface area contributed by atoms with Crippen molar-refractivity contribution in [2.75, 3.05) is 6.61 Å². The second-order valence-corrected chi connectivity index (χ2v) is 4.43. The second-order valence-electron chi connectivity index (χ2n) is 4.43. The molecule has 3 nitrogen and oxygen atoms in total. The number of carbonyl (C=O) groups is 1. The Balaban J connectivity index is 0. The normalized spacial score (nSPS) is 11.6. The van der Waals surface area contributed by atoms with Crippen molar-refractivity contribution in [3.8, 4) is 0 Å². The van der Waals surface area contributed by atoms with Gasteiger partial charge in [0.05, 0.1) is 6.61 Å². The van der Waals surface area contributed by atoms with Gasteiger partial charge in [-0.05, 0) is 18.8 Å². The summed E-state index contributed by atoms with van der Waals surface area (Å²) in [6.45, 7) is 4.73. The molecule has 0 saturated carbocycles. The monoisotopic (exact) mass is 238 g/mol. The van der Waals surface area contributed by atoms with Crippen LogP contribution in [0.3, 0.4) is 0 Å². The molecule has 0 rings (SSSR count). The summed E-state index contributed by atoms with van der Waals surface area (Å²) in [6, 6.07) is 0. The molecule has 0 aromatic heterocycles. The third-order valence-electron chi connectivity index (χ3n) is 2.87. The van der Waals surface area contributed by atoms with Crippen molar-refractivity contribution < 1.29 is 14.6 Å². The topological polar surface area (TPSA) is 46.5 Å². The first-order valence-electron chi connectivity index (χ1n) is 6.56. The Morgan fingerprint density at radius 3 is 2.18 bits per heavy atom. The molecule has 0 radical (unpaired) electrons. The third-order valence-corrected chi connectivity index (χ3v) is 2.87. The molecule has 0 bridgehead atoms. The predicted molar refractivity (Wildman–Crippen MR) is 72.9 cm³/mol. The zero-order valence-corrected chi connectivity index (χ0v) is 10.7. The van der Waals surface area contributed by atoms with Crippen LogP contribution in [0.25, 0.3) is 0 Å². The summed E-state index contributed by atoms with van der Waals surface area (Å²) in [5, 5.41) is 8.48. The Morgan fingerprint density at radius 1 is 1.06 bits per heavy atom. The van der Waals surface area contributed by atoms with Gasteiger partial charge < -0.3 is 9.84 Å². The van der Waals surface area contributed by atoms with E-state index in [0.717, 1.165) is 12.8 Å². The molecule has 1 unspecified atom stereocenters. The van der Waals surface area contributed by atoms with Crippen LogP contribution in [0.1, 0.15) is 65.2 Å². The average Bonchev–Trinajstić information content (AvgIpc) is 2.26. The second kappa shape index (κ2) is 13.9. The molecule has 0 fully saturated rings. The number of rotatable bonds is 10. The van der Waals surface area contributed by atoms with Gasteiger partial charge in [-0.25, -0.2) is 4.79 Å². The molecule has 0 aromatic carbocycles. The van der Waals surface area contributed by atoms with E-state index in [2.05, 4.69) is 18.6 Å². The fourth-order valence-electron chi connectivity index (χ4n) is 1.85. The van der Waals surface area contributed by atoms with Crippen molar-refractivity contribution >= 4 is 25.0 Å². The van der Waals surface area contributed by atoms with Gasteiger partial charge in [-0.3, -0.25) is 0 Å². The minimum atomic E-state index is -1.14. The molecule has 0 aliphatic heterocycles. The molecule has 4 heteroatoms. The van der Waals surface area contributed by atoms with Crippen molar-refractivity contribution in [3.05, 3.63) is 0 Å². The standard InChI is InChI=1S/C13H26O3.Li.H/c1-3-5-7-8-10-12(9-6-4-2)11-16-13(14)15;;/h12H,3-11H2,1-2H3,(H,14,15);;. The Labute approximate surface area is 117 Å². The fraction of sp³-hybridized carbons (Fsp3) is 0.923. The average molecular weight is 238 g/mol. The van der Waals surface area contributed by atoms with Crippen molar-refractivity contribution in [2.24, 2.45) is 5.92 Å². The first-order valence-corrected chi connectivity index (χ1v) is 6.56. The molecule has 0 aliphatic rings. The SMILES string of the molecule is CCCCCCC(CCCC)COC(=O)O.[LiH]. The van der Waals surface area contributed by atoms with Crippen LogP contribution in [0.2, 0.25) is 0 Å². The summed E-state index contributed by atoms with van der Waals surface area (Å²) in [5.74, 6) is 0.424. The van der Waals surface area contributed by atoms with Crippen LogP contribution in [0.15, 0.2) is 0 Å². The van der Waals surface area contributed by atoms with Gasteiger partial charge in [-0.15, -0.1) is 0 Å². The molecule has 1 atom stereocenters. The van der Waals surface area contributed by atoms with E-state index in [0.29, 0.717) is 12.5 Å². The van der Waals surface area contributed by atoms with Gasteiger partial charge in [0.2, 0.25) is 0 Å². The van der Waals surface area contributed by atoms with Crippen molar-refractivity contribution in [1.82, 2.24) is 0 Å². The van der Waals surface area contributed by atoms with Crippen LogP contribution in [0.4, 0.5) is 4.79 Å². The molecule has 1 N–H and O–H groups in total. The first kappa shape index (κ1) is 19.2. The summed E-state index contributed by atoms with van der Waals surface area (Å²) >= 11 is 0. The van der Waals surface area contributed by atoms with E-state index in [1.54, 1.807) is 0 Å². The summed E-state index contributed by atoms with van der Waals surface area (Å²) in [4.78, 5) is 10.3. The summed E-state index contributed by atoms with van der Waals surface area (Å²) in [7, 11) is 0. The summed E-state index contributed by atoms with van der Waals surface area (Å²) in [5.41, 5.74) is 0. The van der Waals surface area contributed by atoms with Crippen LogP contribution in [-0.4, -0.2) is 36.7 Å². The zero-order chi connectivity index (χ0) is 12.2. The van der Waals surface area contributed by atoms with E-state index in [4.69, 9.17) is 5.11 Å². The molecular weight excluding hydrogens is 211 g/mol. The van der Waals surface area contributed by atoms with Gasteiger partial charge in [0.1, 0.15) is 0 Å².